The number of anilines is 1. The third kappa shape index (κ3) is 4.79. The Bertz CT molecular complexity index is 1440. The highest BCUT2D eigenvalue weighted by molar-refractivity contribution is 5.94. The van der Waals surface area contributed by atoms with Gasteiger partial charge < -0.3 is 19.7 Å². The number of benzene rings is 1. The molecule has 2 amide bonds. The number of hydrogen-bond acceptors (Lipinski definition) is 5. The number of amides is 2. The Morgan fingerprint density at radius 1 is 1.11 bits per heavy atom. The maximum absolute atomic E-state index is 13.1. The van der Waals surface area contributed by atoms with Crippen molar-refractivity contribution in [1.82, 2.24) is 24.3 Å². The monoisotopic (exact) mass is 496 g/mol. The van der Waals surface area contributed by atoms with Crippen LogP contribution in [0.1, 0.15) is 40.4 Å². The van der Waals surface area contributed by atoms with Crippen LogP contribution in [0.5, 0.6) is 0 Å². The number of nitrogens with zero attached hydrogens (tertiary/aromatic N) is 5. The standard InChI is InChI=1S/C29H32N6O2/c1-30-26-10-9-22(17-32-26)24-11-13-31-28-25(24)16-23(34(28)4)18-35-14-12-21(15-27(35)36)19-5-7-20(8-6-19)29(37)33(2)3/h5-11,13,16-17,21H,12,14-15,18H2,1-4H3,(H,30,32)/t21-/m1/s1. The molecule has 1 aliphatic rings. The summed E-state index contributed by atoms with van der Waals surface area (Å²) in [7, 11) is 7.35. The minimum absolute atomic E-state index is 0.0173. The Kier molecular flexibility index (Phi) is 6.65. The molecule has 1 N–H and O–H groups in total. The third-order valence-electron chi connectivity index (χ3n) is 7.27. The van der Waals surface area contributed by atoms with Crippen LogP contribution in [-0.4, -0.2) is 63.8 Å². The summed E-state index contributed by atoms with van der Waals surface area (Å²) >= 11 is 0. The average Bonchev–Trinajstić information content (AvgIpc) is 3.24. The van der Waals surface area contributed by atoms with Crippen LogP contribution in [0.4, 0.5) is 5.82 Å². The molecule has 0 saturated carbocycles. The molecule has 0 unspecified atom stereocenters. The van der Waals surface area contributed by atoms with E-state index in [-0.39, 0.29) is 17.7 Å². The van der Waals surface area contributed by atoms with Gasteiger partial charge in [0.25, 0.3) is 5.91 Å². The molecule has 0 bridgehead atoms. The minimum Gasteiger partial charge on any atom is -0.373 e. The summed E-state index contributed by atoms with van der Waals surface area (Å²) in [5.41, 5.74) is 5.81. The minimum atomic E-state index is -0.0173. The number of hydrogen-bond donors (Lipinski definition) is 1. The fourth-order valence-corrected chi connectivity index (χ4v) is 5.06. The van der Waals surface area contributed by atoms with Gasteiger partial charge in [0.05, 0.1) is 6.54 Å². The maximum Gasteiger partial charge on any atom is 0.253 e. The van der Waals surface area contributed by atoms with E-state index in [0.717, 1.165) is 45.7 Å². The summed E-state index contributed by atoms with van der Waals surface area (Å²) in [5.74, 6) is 1.12. The van der Waals surface area contributed by atoms with E-state index >= 15 is 0 Å². The molecule has 1 fully saturated rings. The first-order valence-corrected chi connectivity index (χ1v) is 12.5. The predicted octanol–water partition coefficient (Wildman–Crippen LogP) is 4.29. The number of fused-ring (bicyclic) bond motifs is 1. The molecule has 4 aromatic rings. The molecule has 1 aromatic carbocycles. The molecule has 0 spiro atoms. The number of aromatic nitrogens is 3. The number of carbonyl (C=O) groups is 2. The molecule has 5 rings (SSSR count). The predicted molar refractivity (Wildman–Crippen MR) is 145 cm³/mol. The average molecular weight is 497 g/mol. The van der Waals surface area contributed by atoms with Crippen LogP contribution in [0.15, 0.2) is 60.9 Å². The lowest BCUT2D eigenvalue weighted by Gasteiger charge is -2.32. The largest absolute Gasteiger partial charge is 0.373 e. The number of rotatable bonds is 6. The van der Waals surface area contributed by atoms with Crippen molar-refractivity contribution in [3.05, 3.63) is 77.7 Å². The van der Waals surface area contributed by atoms with Crippen LogP contribution < -0.4 is 5.32 Å². The molecule has 0 radical (unpaired) electrons. The van der Waals surface area contributed by atoms with E-state index in [1.165, 1.54) is 0 Å². The van der Waals surface area contributed by atoms with Gasteiger partial charge in [-0.15, -0.1) is 0 Å². The number of carbonyl (C=O) groups excluding carboxylic acids is 2. The lowest BCUT2D eigenvalue weighted by atomic mass is 9.88. The number of aryl methyl sites for hydroxylation is 1. The van der Waals surface area contributed by atoms with Crippen LogP contribution in [0.25, 0.3) is 22.2 Å². The van der Waals surface area contributed by atoms with Gasteiger partial charge in [0.15, 0.2) is 0 Å². The molecule has 1 atom stereocenters. The zero-order valence-electron chi connectivity index (χ0n) is 21.7. The zero-order valence-corrected chi connectivity index (χ0v) is 21.7. The van der Waals surface area contributed by atoms with Crippen molar-refractivity contribution in [1.29, 1.82) is 0 Å². The van der Waals surface area contributed by atoms with Crippen LogP contribution in [-0.2, 0) is 18.4 Å². The van der Waals surface area contributed by atoms with Crippen LogP contribution >= 0.6 is 0 Å². The number of piperidine rings is 1. The van der Waals surface area contributed by atoms with Crippen molar-refractivity contribution in [3.63, 3.8) is 0 Å². The van der Waals surface area contributed by atoms with Gasteiger partial charge in [0, 0.05) is 75.8 Å². The summed E-state index contributed by atoms with van der Waals surface area (Å²) in [6, 6.07) is 15.9. The fraction of sp³-hybridized carbons (Fsp3) is 0.310. The smallest absolute Gasteiger partial charge is 0.253 e. The second-order valence-electron chi connectivity index (χ2n) is 9.80. The van der Waals surface area contributed by atoms with Gasteiger partial charge in [-0.3, -0.25) is 9.59 Å². The molecule has 1 aliphatic heterocycles. The van der Waals surface area contributed by atoms with Gasteiger partial charge >= 0.3 is 0 Å². The Morgan fingerprint density at radius 2 is 1.89 bits per heavy atom. The van der Waals surface area contributed by atoms with E-state index in [9.17, 15) is 9.59 Å². The second-order valence-corrected chi connectivity index (χ2v) is 9.80. The second kappa shape index (κ2) is 10.0. The van der Waals surface area contributed by atoms with E-state index in [1.807, 2.05) is 67.8 Å². The molecule has 190 valence electrons. The normalized spacial score (nSPS) is 15.7. The van der Waals surface area contributed by atoms with Crippen LogP contribution in [0.2, 0.25) is 0 Å². The van der Waals surface area contributed by atoms with Crippen molar-refractivity contribution >= 4 is 28.7 Å². The van der Waals surface area contributed by atoms with Gasteiger partial charge in [-0.25, -0.2) is 9.97 Å². The number of nitrogens with one attached hydrogen (secondary N) is 1. The van der Waals surface area contributed by atoms with Crippen molar-refractivity contribution < 1.29 is 9.59 Å². The summed E-state index contributed by atoms with van der Waals surface area (Å²) < 4.78 is 2.08. The Balaban J connectivity index is 1.32. The Labute approximate surface area is 216 Å². The summed E-state index contributed by atoms with van der Waals surface area (Å²) in [4.78, 5) is 37.9. The van der Waals surface area contributed by atoms with Crippen molar-refractivity contribution in [3.8, 4) is 11.1 Å². The summed E-state index contributed by atoms with van der Waals surface area (Å²) in [6.45, 7) is 1.24. The number of likely N-dealkylation sites (tertiary alicyclic amines) is 1. The molecule has 8 nitrogen and oxygen atoms in total. The molecular formula is C29H32N6O2. The Hall–Kier alpha value is -4.20. The maximum atomic E-state index is 13.1. The molecule has 1 saturated heterocycles. The zero-order chi connectivity index (χ0) is 26.1. The van der Waals surface area contributed by atoms with Gasteiger partial charge in [0.2, 0.25) is 5.91 Å². The van der Waals surface area contributed by atoms with Gasteiger partial charge in [0.1, 0.15) is 11.5 Å². The summed E-state index contributed by atoms with van der Waals surface area (Å²) in [6.07, 6.45) is 5.05. The van der Waals surface area contributed by atoms with Gasteiger partial charge in [-0.1, -0.05) is 12.1 Å². The van der Waals surface area contributed by atoms with E-state index in [0.29, 0.717) is 25.1 Å². The molecular weight excluding hydrogens is 464 g/mol. The molecule has 3 aromatic heterocycles. The van der Waals surface area contributed by atoms with E-state index < -0.39 is 0 Å². The first-order chi connectivity index (χ1) is 17.9. The molecule has 0 aliphatic carbocycles. The fourth-order valence-electron chi connectivity index (χ4n) is 5.06. The lowest BCUT2D eigenvalue weighted by molar-refractivity contribution is -0.134. The molecule has 8 heteroatoms. The van der Waals surface area contributed by atoms with Gasteiger partial charge in [-0.2, -0.15) is 0 Å². The number of pyridine rings is 2. The topological polar surface area (TPSA) is 83.4 Å². The van der Waals surface area contributed by atoms with Crippen LogP contribution in [0, 0.1) is 0 Å². The van der Waals surface area contributed by atoms with Crippen molar-refractivity contribution in [2.24, 2.45) is 7.05 Å². The van der Waals surface area contributed by atoms with Gasteiger partial charge in [-0.05, 0) is 59.9 Å². The summed E-state index contributed by atoms with van der Waals surface area (Å²) in [5, 5.41) is 4.10. The van der Waals surface area contributed by atoms with E-state index in [2.05, 4.69) is 32.0 Å². The molecule has 37 heavy (non-hydrogen) atoms. The lowest BCUT2D eigenvalue weighted by Crippen LogP contribution is -2.38. The molecule has 4 heterocycles. The third-order valence-corrected chi connectivity index (χ3v) is 7.27. The quantitative estimate of drug-likeness (QED) is 0.431. The van der Waals surface area contributed by atoms with E-state index in [1.54, 1.807) is 19.0 Å². The highest BCUT2D eigenvalue weighted by Crippen LogP contribution is 2.32. The first kappa shape index (κ1) is 24.5. The highest BCUT2D eigenvalue weighted by atomic mass is 16.2. The van der Waals surface area contributed by atoms with Crippen molar-refractivity contribution in [2.45, 2.75) is 25.3 Å². The first-order valence-electron chi connectivity index (χ1n) is 12.5. The van der Waals surface area contributed by atoms with E-state index in [4.69, 9.17) is 0 Å². The van der Waals surface area contributed by atoms with Crippen molar-refractivity contribution in [2.75, 3.05) is 33.0 Å². The Morgan fingerprint density at radius 3 is 2.54 bits per heavy atom. The SMILES string of the molecule is CNc1ccc(-c2ccnc3c2cc(CN2CC[C@@H](c4ccc(C(=O)N(C)C)cc4)CC2=O)n3C)cn1. The van der Waals surface area contributed by atoms with Crippen LogP contribution in [0.3, 0.4) is 0 Å². The highest BCUT2D eigenvalue weighted by Gasteiger charge is 2.28.